The highest BCUT2D eigenvalue weighted by Gasteiger charge is 2.39. The minimum atomic E-state index is -0.510. The second-order valence-corrected chi connectivity index (χ2v) is 9.73. The first kappa shape index (κ1) is 21.4. The summed E-state index contributed by atoms with van der Waals surface area (Å²) < 4.78 is 24.2. The van der Waals surface area contributed by atoms with Gasteiger partial charge in [-0.25, -0.2) is 4.39 Å². The summed E-state index contributed by atoms with van der Waals surface area (Å²) >= 11 is 0. The number of ether oxygens (including phenoxy) is 2. The number of hydrogen-bond acceptors (Lipinski definition) is 3. The van der Waals surface area contributed by atoms with Gasteiger partial charge in [0.2, 0.25) is 0 Å². The van der Waals surface area contributed by atoms with Gasteiger partial charge in [0.15, 0.2) is 11.6 Å². The van der Waals surface area contributed by atoms with Crippen LogP contribution in [0.5, 0.6) is 11.5 Å². The standard InChI is InChI=1S/C26H35FO3/c1-3-17-4-5-22-15-21(11-10-20(22)14-17)18-6-8-19(9-7-18)26(28)30-23-12-13-25(29-2)24(27)16-23/h3,12-13,16-22H,1,4-11,14-15H2,2H3. The molecule has 1 aromatic rings. The van der Waals surface area contributed by atoms with Crippen LogP contribution in [-0.2, 0) is 4.79 Å². The van der Waals surface area contributed by atoms with E-state index in [2.05, 4.69) is 12.7 Å². The van der Waals surface area contributed by atoms with Gasteiger partial charge in [-0.3, -0.25) is 4.79 Å². The Morgan fingerprint density at radius 1 is 0.967 bits per heavy atom. The lowest BCUT2D eigenvalue weighted by molar-refractivity contribution is -0.140. The predicted octanol–water partition coefficient (Wildman–Crippen LogP) is 6.56. The average Bonchev–Trinajstić information content (AvgIpc) is 2.78. The quantitative estimate of drug-likeness (QED) is 0.311. The molecule has 3 fully saturated rings. The highest BCUT2D eigenvalue weighted by molar-refractivity contribution is 5.75. The van der Waals surface area contributed by atoms with Gasteiger partial charge in [0.05, 0.1) is 13.0 Å². The number of carbonyl (C=O) groups is 1. The van der Waals surface area contributed by atoms with Crippen LogP contribution < -0.4 is 9.47 Å². The fraction of sp³-hybridized carbons (Fsp3) is 0.654. The number of rotatable bonds is 5. The number of benzene rings is 1. The van der Waals surface area contributed by atoms with Crippen LogP contribution in [-0.4, -0.2) is 13.1 Å². The zero-order valence-corrected chi connectivity index (χ0v) is 18.2. The van der Waals surface area contributed by atoms with E-state index in [1.54, 1.807) is 6.07 Å². The van der Waals surface area contributed by atoms with Crippen LogP contribution >= 0.6 is 0 Å². The first-order valence-corrected chi connectivity index (χ1v) is 11.7. The summed E-state index contributed by atoms with van der Waals surface area (Å²) in [6.07, 6.45) is 14.4. The molecule has 3 saturated carbocycles. The Bertz CT molecular complexity index is 753. The van der Waals surface area contributed by atoms with Crippen LogP contribution in [0, 0.1) is 41.3 Å². The minimum Gasteiger partial charge on any atom is -0.494 e. The third kappa shape index (κ3) is 4.73. The van der Waals surface area contributed by atoms with E-state index in [-0.39, 0.29) is 23.4 Å². The Hall–Kier alpha value is -1.84. The number of fused-ring (bicyclic) bond motifs is 1. The van der Waals surface area contributed by atoms with Crippen molar-refractivity contribution in [3.05, 3.63) is 36.7 Å². The van der Waals surface area contributed by atoms with Crippen molar-refractivity contribution >= 4 is 5.97 Å². The molecule has 0 aromatic heterocycles. The molecule has 4 atom stereocenters. The SMILES string of the molecule is C=CC1CCC2CC(C3CCC(C(=O)Oc4ccc(OC)c(F)c4)CC3)CCC2C1. The molecule has 3 nitrogen and oxygen atoms in total. The van der Waals surface area contributed by atoms with Crippen LogP contribution in [0.3, 0.4) is 0 Å². The molecule has 3 aliphatic carbocycles. The van der Waals surface area contributed by atoms with Gasteiger partial charge in [-0.05, 0) is 106 Å². The Morgan fingerprint density at radius 2 is 1.60 bits per heavy atom. The van der Waals surface area contributed by atoms with E-state index >= 15 is 0 Å². The summed E-state index contributed by atoms with van der Waals surface area (Å²) in [7, 11) is 1.42. The number of halogens is 1. The van der Waals surface area contributed by atoms with Crippen molar-refractivity contribution in [3.8, 4) is 11.5 Å². The number of esters is 1. The maximum absolute atomic E-state index is 13.8. The van der Waals surface area contributed by atoms with Crippen LogP contribution in [0.2, 0.25) is 0 Å². The summed E-state index contributed by atoms with van der Waals surface area (Å²) in [5.41, 5.74) is 0. The Morgan fingerprint density at radius 3 is 2.27 bits per heavy atom. The van der Waals surface area contributed by atoms with Crippen molar-refractivity contribution in [2.45, 2.75) is 64.2 Å². The molecular weight excluding hydrogens is 379 g/mol. The zero-order chi connectivity index (χ0) is 21.1. The second-order valence-electron chi connectivity index (χ2n) is 9.73. The van der Waals surface area contributed by atoms with Crippen LogP contribution in [0.1, 0.15) is 64.2 Å². The van der Waals surface area contributed by atoms with Crippen molar-refractivity contribution in [3.63, 3.8) is 0 Å². The van der Waals surface area contributed by atoms with Gasteiger partial charge < -0.3 is 9.47 Å². The molecule has 0 heterocycles. The minimum absolute atomic E-state index is 0.0641. The number of carbonyl (C=O) groups excluding carboxylic acids is 1. The van der Waals surface area contributed by atoms with Crippen LogP contribution in [0.15, 0.2) is 30.9 Å². The predicted molar refractivity (Wildman–Crippen MR) is 116 cm³/mol. The zero-order valence-electron chi connectivity index (χ0n) is 18.2. The van der Waals surface area contributed by atoms with E-state index in [0.29, 0.717) is 0 Å². The molecule has 0 saturated heterocycles. The van der Waals surface area contributed by atoms with E-state index in [0.717, 1.165) is 55.3 Å². The molecule has 4 heteroatoms. The summed E-state index contributed by atoms with van der Waals surface area (Å²) in [4.78, 5) is 12.6. The van der Waals surface area contributed by atoms with Gasteiger partial charge in [-0.2, -0.15) is 0 Å². The lowest BCUT2D eigenvalue weighted by Gasteiger charge is -2.45. The molecule has 0 spiro atoms. The van der Waals surface area contributed by atoms with Crippen molar-refractivity contribution in [2.24, 2.45) is 35.5 Å². The number of hydrogen-bond donors (Lipinski definition) is 0. The second kappa shape index (κ2) is 9.53. The largest absolute Gasteiger partial charge is 0.494 e. The molecule has 0 bridgehead atoms. The van der Waals surface area contributed by atoms with Crippen molar-refractivity contribution in [2.75, 3.05) is 7.11 Å². The molecule has 30 heavy (non-hydrogen) atoms. The molecule has 0 aliphatic heterocycles. The molecule has 4 unspecified atom stereocenters. The van der Waals surface area contributed by atoms with E-state index in [1.807, 2.05) is 0 Å². The molecule has 0 radical (unpaired) electrons. The summed E-state index contributed by atoms with van der Waals surface area (Å²) in [5, 5.41) is 0. The summed E-state index contributed by atoms with van der Waals surface area (Å²) in [5.74, 6) is 3.77. The highest BCUT2D eigenvalue weighted by Crippen LogP contribution is 2.49. The monoisotopic (exact) mass is 414 g/mol. The molecule has 3 aliphatic rings. The molecule has 1 aromatic carbocycles. The fourth-order valence-corrected chi connectivity index (χ4v) is 6.34. The van der Waals surface area contributed by atoms with Gasteiger partial charge in [-0.1, -0.05) is 6.08 Å². The number of allylic oxidation sites excluding steroid dienone is 1. The van der Waals surface area contributed by atoms with E-state index in [9.17, 15) is 9.18 Å². The number of methoxy groups -OCH3 is 1. The normalized spacial score (nSPS) is 33.9. The Kier molecular flexibility index (Phi) is 6.80. The molecule has 0 amide bonds. The van der Waals surface area contributed by atoms with Gasteiger partial charge in [-0.15, -0.1) is 6.58 Å². The highest BCUT2D eigenvalue weighted by atomic mass is 19.1. The van der Waals surface area contributed by atoms with E-state index in [4.69, 9.17) is 9.47 Å². The third-order valence-corrected chi connectivity index (χ3v) is 8.14. The topological polar surface area (TPSA) is 35.5 Å². The molecule has 0 N–H and O–H groups in total. The van der Waals surface area contributed by atoms with Crippen molar-refractivity contribution < 1.29 is 18.7 Å². The first-order chi connectivity index (χ1) is 14.6. The molecule has 164 valence electrons. The molecular formula is C26H35FO3. The van der Waals surface area contributed by atoms with E-state index < -0.39 is 5.82 Å². The van der Waals surface area contributed by atoms with Crippen LogP contribution in [0.4, 0.5) is 4.39 Å². The lowest BCUT2D eigenvalue weighted by atomic mass is 9.61. The van der Waals surface area contributed by atoms with E-state index in [1.165, 1.54) is 57.8 Å². The first-order valence-electron chi connectivity index (χ1n) is 11.7. The average molecular weight is 415 g/mol. The maximum Gasteiger partial charge on any atom is 0.314 e. The third-order valence-electron chi connectivity index (χ3n) is 8.14. The summed E-state index contributed by atoms with van der Waals surface area (Å²) in [6.45, 7) is 4.01. The Labute approximate surface area is 180 Å². The Balaban J connectivity index is 1.25. The molecule has 4 rings (SSSR count). The lowest BCUT2D eigenvalue weighted by Crippen LogP contribution is -2.35. The van der Waals surface area contributed by atoms with Gasteiger partial charge in [0, 0.05) is 6.07 Å². The van der Waals surface area contributed by atoms with Crippen molar-refractivity contribution in [1.82, 2.24) is 0 Å². The van der Waals surface area contributed by atoms with Crippen LogP contribution in [0.25, 0.3) is 0 Å². The maximum atomic E-state index is 13.8. The van der Waals surface area contributed by atoms with Gasteiger partial charge >= 0.3 is 5.97 Å². The fourth-order valence-electron chi connectivity index (χ4n) is 6.34. The summed E-state index contributed by atoms with van der Waals surface area (Å²) in [6, 6.07) is 4.31. The smallest absolute Gasteiger partial charge is 0.314 e. The van der Waals surface area contributed by atoms with Crippen molar-refractivity contribution in [1.29, 1.82) is 0 Å². The van der Waals surface area contributed by atoms with Gasteiger partial charge in [0.25, 0.3) is 0 Å². The van der Waals surface area contributed by atoms with Gasteiger partial charge in [0.1, 0.15) is 5.75 Å².